The van der Waals surface area contributed by atoms with Gasteiger partial charge in [-0.25, -0.2) is 8.78 Å². The summed E-state index contributed by atoms with van der Waals surface area (Å²) in [4.78, 5) is 0. The van der Waals surface area contributed by atoms with Gasteiger partial charge in [0.05, 0.1) is 11.7 Å². The first-order valence-electron chi connectivity index (χ1n) is 6.45. The number of rotatable bonds is 6. The largest absolute Gasteiger partial charge is 0.387 e. The average Bonchev–Trinajstić information content (AvgIpc) is 2.35. The smallest absolute Gasteiger partial charge is 0.129 e. The molecule has 2 rings (SSSR count). The van der Waals surface area contributed by atoms with Crippen LogP contribution in [0.2, 0.25) is 0 Å². The second-order valence-corrected chi connectivity index (χ2v) is 5.05. The van der Waals surface area contributed by atoms with Gasteiger partial charge in [0, 0.05) is 25.8 Å². The van der Waals surface area contributed by atoms with Gasteiger partial charge >= 0.3 is 0 Å². The van der Waals surface area contributed by atoms with Crippen LogP contribution in [0.25, 0.3) is 0 Å². The summed E-state index contributed by atoms with van der Waals surface area (Å²) >= 11 is 0. The summed E-state index contributed by atoms with van der Waals surface area (Å²) in [6.07, 6.45) is 2.04. The second-order valence-electron chi connectivity index (χ2n) is 5.05. The molecule has 0 aliphatic heterocycles. The van der Waals surface area contributed by atoms with Crippen molar-refractivity contribution in [3.05, 3.63) is 35.4 Å². The molecular formula is C14H19F2NO2. The van der Waals surface area contributed by atoms with Crippen molar-refractivity contribution in [3.63, 3.8) is 0 Å². The van der Waals surface area contributed by atoms with Crippen LogP contribution in [0.15, 0.2) is 18.2 Å². The maximum Gasteiger partial charge on any atom is 0.129 e. The number of aliphatic hydroxyl groups excluding tert-OH is 1. The first-order valence-corrected chi connectivity index (χ1v) is 6.45. The molecule has 0 bridgehead atoms. The number of ether oxygens (including phenoxy) is 1. The number of aliphatic hydroxyl groups is 1. The van der Waals surface area contributed by atoms with E-state index in [-0.39, 0.29) is 17.7 Å². The van der Waals surface area contributed by atoms with Crippen molar-refractivity contribution < 1.29 is 18.6 Å². The molecule has 5 heteroatoms. The van der Waals surface area contributed by atoms with E-state index in [4.69, 9.17) is 4.74 Å². The maximum absolute atomic E-state index is 13.4. The number of nitrogens with one attached hydrogen (secondary N) is 1. The van der Waals surface area contributed by atoms with Crippen molar-refractivity contribution in [1.82, 2.24) is 5.32 Å². The Morgan fingerprint density at radius 3 is 2.74 bits per heavy atom. The van der Waals surface area contributed by atoms with Crippen molar-refractivity contribution in [2.75, 3.05) is 20.2 Å². The van der Waals surface area contributed by atoms with Gasteiger partial charge in [-0.15, -0.1) is 0 Å². The van der Waals surface area contributed by atoms with Crippen molar-refractivity contribution >= 4 is 0 Å². The first kappa shape index (κ1) is 14.4. The summed E-state index contributed by atoms with van der Waals surface area (Å²) < 4.78 is 31.9. The zero-order valence-electron chi connectivity index (χ0n) is 11.0. The zero-order chi connectivity index (χ0) is 13.9. The third-order valence-corrected chi connectivity index (χ3v) is 3.80. The Hall–Kier alpha value is -1.04. The zero-order valence-corrected chi connectivity index (χ0v) is 11.0. The Morgan fingerprint density at radius 2 is 2.16 bits per heavy atom. The van der Waals surface area contributed by atoms with Gasteiger partial charge < -0.3 is 15.2 Å². The van der Waals surface area contributed by atoms with Crippen molar-refractivity contribution in [1.29, 1.82) is 0 Å². The Balaban J connectivity index is 1.87. The standard InChI is InChI=1S/C14H19F2NO2/c1-19-14(5-2-6-14)9-17-8-13(18)11-7-10(15)3-4-12(11)16/h3-4,7,13,17-18H,2,5-6,8-9H2,1H3. The lowest BCUT2D eigenvalue weighted by atomic mass is 9.80. The van der Waals surface area contributed by atoms with E-state index in [1.807, 2.05) is 0 Å². The molecule has 106 valence electrons. The molecule has 1 unspecified atom stereocenters. The van der Waals surface area contributed by atoms with Crippen LogP contribution < -0.4 is 5.32 Å². The molecule has 1 fully saturated rings. The molecule has 1 atom stereocenters. The van der Waals surface area contributed by atoms with Crippen molar-refractivity contribution in [2.45, 2.75) is 31.0 Å². The van der Waals surface area contributed by atoms with Crippen LogP contribution in [0.3, 0.4) is 0 Å². The van der Waals surface area contributed by atoms with Crippen LogP contribution in [0, 0.1) is 11.6 Å². The summed E-state index contributed by atoms with van der Waals surface area (Å²) in [5.74, 6) is -1.15. The fraction of sp³-hybridized carbons (Fsp3) is 0.571. The highest BCUT2D eigenvalue weighted by atomic mass is 19.1. The maximum atomic E-state index is 13.4. The molecule has 0 saturated heterocycles. The van der Waals surface area contributed by atoms with E-state index in [2.05, 4.69) is 5.32 Å². The summed E-state index contributed by atoms with van der Waals surface area (Å²) in [5, 5.41) is 12.9. The number of hydrogen-bond donors (Lipinski definition) is 2. The Labute approximate surface area is 111 Å². The van der Waals surface area contributed by atoms with E-state index in [0.29, 0.717) is 6.54 Å². The number of halogens is 2. The van der Waals surface area contributed by atoms with Crippen LogP contribution in [-0.2, 0) is 4.74 Å². The van der Waals surface area contributed by atoms with Gasteiger partial charge in [0.1, 0.15) is 11.6 Å². The van der Waals surface area contributed by atoms with Gasteiger partial charge in [-0.1, -0.05) is 0 Å². The molecule has 2 N–H and O–H groups in total. The average molecular weight is 271 g/mol. The van der Waals surface area contributed by atoms with Crippen LogP contribution in [0.4, 0.5) is 8.78 Å². The van der Waals surface area contributed by atoms with E-state index in [1.54, 1.807) is 7.11 Å². The molecule has 19 heavy (non-hydrogen) atoms. The van der Waals surface area contributed by atoms with E-state index < -0.39 is 17.7 Å². The molecule has 1 aliphatic rings. The van der Waals surface area contributed by atoms with E-state index in [0.717, 1.165) is 37.5 Å². The minimum Gasteiger partial charge on any atom is -0.387 e. The summed E-state index contributed by atoms with van der Waals surface area (Å²) in [5.41, 5.74) is -0.173. The highest BCUT2D eigenvalue weighted by molar-refractivity contribution is 5.21. The molecule has 0 amide bonds. The lowest BCUT2D eigenvalue weighted by Crippen LogP contribution is -2.48. The Bertz CT molecular complexity index is 430. The molecular weight excluding hydrogens is 252 g/mol. The van der Waals surface area contributed by atoms with Gasteiger partial charge in [0.2, 0.25) is 0 Å². The molecule has 0 heterocycles. The molecule has 0 radical (unpaired) electrons. The summed E-state index contributed by atoms with van der Waals surface area (Å²) in [6.45, 7) is 0.781. The van der Waals surface area contributed by atoms with E-state index in [1.165, 1.54) is 0 Å². The monoisotopic (exact) mass is 271 g/mol. The van der Waals surface area contributed by atoms with Crippen LogP contribution in [-0.4, -0.2) is 30.9 Å². The van der Waals surface area contributed by atoms with Gasteiger partial charge in [-0.3, -0.25) is 0 Å². The number of hydrogen-bond acceptors (Lipinski definition) is 3. The van der Waals surface area contributed by atoms with E-state index in [9.17, 15) is 13.9 Å². The third kappa shape index (κ3) is 3.29. The Morgan fingerprint density at radius 1 is 1.42 bits per heavy atom. The van der Waals surface area contributed by atoms with Gasteiger partial charge in [-0.2, -0.15) is 0 Å². The molecule has 1 aliphatic carbocycles. The molecule has 3 nitrogen and oxygen atoms in total. The second kappa shape index (κ2) is 5.94. The minimum absolute atomic E-state index is 0.0208. The lowest BCUT2D eigenvalue weighted by molar-refractivity contribution is -0.0704. The van der Waals surface area contributed by atoms with Gasteiger partial charge in [0.15, 0.2) is 0 Å². The van der Waals surface area contributed by atoms with Gasteiger partial charge in [0.25, 0.3) is 0 Å². The molecule has 0 aromatic heterocycles. The van der Waals surface area contributed by atoms with Crippen LogP contribution >= 0.6 is 0 Å². The minimum atomic E-state index is -1.07. The predicted molar refractivity (Wildman–Crippen MR) is 67.8 cm³/mol. The molecule has 1 saturated carbocycles. The highest BCUT2D eigenvalue weighted by Gasteiger charge is 2.36. The molecule has 0 spiro atoms. The van der Waals surface area contributed by atoms with Crippen molar-refractivity contribution in [3.8, 4) is 0 Å². The third-order valence-electron chi connectivity index (χ3n) is 3.80. The first-order chi connectivity index (χ1) is 9.06. The summed E-state index contributed by atoms with van der Waals surface area (Å²) in [7, 11) is 1.67. The fourth-order valence-corrected chi connectivity index (χ4v) is 2.34. The molecule has 1 aromatic carbocycles. The molecule has 1 aromatic rings. The lowest BCUT2D eigenvalue weighted by Gasteiger charge is -2.40. The van der Waals surface area contributed by atoms with Gasteiger partial charge in [-0.05, 0) is 37.5 Å². The highest BCUT2D eigenvalue weighted by Crippen LogP contribution is 2.34. The Kier molecular flexibility index (Phi) is 4.50. The predicted octanol–water partition coefficient (Wildman–Crippen LogP) is 2.16. The number of benzene rings is 1. The van der Waals surface area contributed by atoms with E-state index >= 15 is 0 Å². The topological polar surface area (TPSA) is 41.5 Å². The van der Waals surface area contributed by atoms with Crippen LogP contribution in [0.1, 0.15) is 30.9 Å². The number of methoxy groups -OCH3 is 1. The fourth-order valence-electron chi connectivity index (χ4n) is 2.34. The van der Waals surface area contributed by atoms with Crippen LogP contribution in [0.5, 0.6) is 0 Å². The quantitative estimate of drug-likeness (QED) is 0.833. The SMILES string of the molecule is COC1(CNCC(O)c2cc(F)ccc2F)CCC1. The normalized spacial score (nSPS) is 18.9. The summed E-state index contributed by atoms with van der Waals surface area (Å²) in [6, 6.07) is 3.08. The van der Waals surface area contributed by atoms with Crippen molar-refractivity contribution in [2.24, 2.45) is 0 Å².